The van der Waals surface area contributed by atoms with E-state index in [1.807, 2.05) is 66.5 Å². The van der Waals surface area contributed by atoms with E-state index in [4.69, 9.17) is 42.1 Å². The van der Waals surface area contributed by atoms with Crippen molar-refractivity contribution in [2.24, 2.45) is 0 Å². The molecule has 0 unspecified atom stereocenters. The van der Waals surface area contributed by atoms with Crippen molar-refractivity contribution >= 4 is 40.9 Å². The zero-order chi connectivity index (χ0) is 30.2. The second-order valence-electron chi connectivity index (χ2n) is 10.4. The van der Waals surface area contributed by atoms with Gasteiger partial charge in [0.15, 0.2) is 5.79 Å². The molecule has 3 aromatic carbocycles. The van der Waals surface area contributed by atoms with Crippen molar-refractivity contribution in [3.8, 4) is 11.5 Å². The van der Waals surface area contributed by atoms with Crippen LogP contribution in [0.4, 0.5) is 5.69 Å². The number of hydrogen-bond donors (Lipinski definition) is 1. The molecule has 0 radical (unpaired) electrons. The van der Waals surface area contributed by atoms with E-state index in [2.05, 4.69) is 16.9 Å². The van der Waals surface area contributed by atoms with Gasteiger partial charge >= 0.3 is 0 Å². The zero-order valence-electron chi connectivity index (χ0n) is 24.0. The van der Waals surface area contributed by atoms with Gasteiger partial charge in [-0.05, 0) is 67.1 Å². The van der Waals surface area contributed by atoms with Crippen molar-refractivity contribution in [2.75, 3.05) is 50.9 Å². The fourth-order valence-electron chi connectivity index (χ4n) is 4.93. The number of hydrogen-bond acceptors (Lipinski definition) is 7. The Morgan fingerprint density at radius 1 is 1.02 bits per heavy atom. The second kappa shape index (κ2) is 14.3. The van der Waals surface area contributed by atoms with E-state index in [0.717, 1.165) is 41.4 Å². The predicted molar refractivity (Wildman–Crippen MR) is 170 cm³/mol. The minimum atomic E-state index is -0.954. The van der Waals surface area contributed by atoms with E-state index in [-0.39, 0.29) is 12.0 Å². The zero-order valence-corrected chi connectivity index (χ0v) is 25.5. The molecule has 2 aliphatic heterocycles. The fraction of sp³-hybridized carbons (Fsp3) is 0.303. The lowest BCUT2D eigenvalue weighted by atomic mass is 10.1. The van der Waals surface area contributed by atoms with E-state index in [1.165, 1.54) is 0 Å². The molecule has 2 atom stereocenters. The first kappa shape index (κ1) is 30.9. The molecule has 0 bridgehead atoms. The van der Waals surface area contributed by atoms with Crippen molar-refractivity contribution in [3.63, 3.8) is 0 Å². The van der Waals surface area contributed by atoms with Gasteiger partial charge in [0.2, 0.25) is 0 Å². The molecule has 10 heteroatoms. The van der Waals surface area contributed by atoms with Crippen LogP contribution in [-0.4, -0.2) is 63.0 Å². The molecule has 0 saturated carbocycles. The molecule has 43 heavy (non-hydrogen) atoms. The van der Waals surface area contributed by atoms with Crippen LogP contribution in [-0.2, 0) is 20.1 Å². The van der Waals surface area contributed by atoms with Crippen molar-refractivity contribution in [2.45, 2.75) is 18.8 Å². The van der Waals surface area contributed by atoms with Gasteiger partial charge < -0.3 is 23.8 Å². The molecule has 2 saturated heterocycles. The summed E-state index contributed by atoms with van der Waals surface area (Å²) in [5.74, 6) is 0.405. The maximum atomic E-state index is 12.4. The number of carbonyl (C=O) groups excluding carboxylic acids is 1. The van der Waals surface area contributed by atoms with Crippen LogP contribution < -0.4 is 19.8 Å². The first-order valence-electron chi connectivity index (χ1n) is 14.1. The summed E-state index contributed by atoms with van der Waals surface area (Å²) in [6, 6.07) is 20.8. The van der Waals surface area contributed by atoms with Crippen LogP contribution in [0.1, 0.15) is 18.1 Å². The molecule has 1 amide bonds. The van der Waals surface area contributed by atoms with Gasteiger partial charge in [-0.3, -0.25) is 10.2 Å². The number of piperazine rings is 1. The maximum absolute atomic E-state index is 12.4. The average molecular weight is 625 g/mol. The van der Waals surface area contributed by atoms with Gasteiger partial charge in [0.25, 0.3) is 5.91 Å². The molecule has 3 aromatic rings. The monoisotopic (exact) mass is 623 g/mol. The molecule has 2 aliphatic rings. The second-order valence-corrected chi connectivity index (χ2v) is 11.2. The van der Waals surface area contributed by atoms with E-state index in [9.17, 15) is 4.79 Å². The first-order chi connectivity index (χ1) is 20.8. The summed E-state index contributed by atoms with van der Waals surface area (Å²) in [6.07, 6.45) is 4.79. The number of benzene rings is 3. The highest BCUT2D eigenvalue weighted by Crippen LogP contribution is 2.38. The first-order valence-corrected chi connectivity index (χ1v) is 14.9. The number of halogens is 2. The Balaban J connectivity index is 1.03. The van der Waals surface area contributed by atoms with Crippen LogP contribution in [0, 0.1) is 0 Å². The Labute approximate surface area is 262 Å². The normalized spacial score (nSPS) is 20.7. The lowest BCUT2D eigenvalue weighted by Gasteiger charge is -2.35. The van der Waals surface area contributed by atoms with E-state index in [1.54, 1.807) is 30.4 Å². The van der Waals surface area contributed by atoms with Gasteiger partial charge in [0, 0.05) is 48.5 Å². The summed E-state index contributed by atoms with van der Waals surface area (Å²) in [6.45, 7) is 9.68. The number of rotatable bonds is 11. The Hall–Kier alpha value is -3.53. The summed E-state index contributed by atoms with van der Waals surface area (Å²) in [5.41, 5.74) is 5.72. The lowest BCUT2D eigenvalue weighted by Crippen LogP contribution is -2.53. The highest BCUT2D eigenvalue weighted by Gasteiger charge is 2.40. The SMILES string of the molecule is C=CCOc1ccc(/C=C/C(=O)NN2CCN(c3ccc(OC[C@@H]4CO[C@](C)(c5ccc(Cl)cc5Cl)O4)cc3)CC2)cc1. The third kappa shape index (κ3) is 8.31. The maximum Gasteiger partial charge on any atom is 0.258 e. The highest BCUT2D eigenvalue weighted by atomic mass is 35.5. The fourth-order valence-corrected chi connectivity index (χ4v) is 5.51. The molecule has 8 nitrogen and oxygen atoms in total. The van der Waals surface area contributed by atoms with Gasteiger partial charge in [-0.25, -0.2) is 5.01 Å². The topological polar surface area (TPSA) is 72.5 Å². The third-order valence-electron chi connectivity index (χ3n) is 7.22. The molecule has 0 spiro atoms. The van der Waals surface area contributed by atoms with Crippen molar-refractivity contribution in [3.05, 3.63) is 107 Å². The summed E-state index contributed by atoms with van der Waals surface area (Å²) in [5, 5.41) is 3.01. The molecule has 226 valence electrons. The van der Waals surface area contributed by atoms with Crippen LogP contribution in [0.25, 0.3) is 6.08 Å². The van der Waals surface area contributed by atoms with Gasteiger partial charge in [0.05, 0.1) is 11.6 Å². The van der Waals surface area contributed by atoms with Crippen LogP contribution in [0.5, 0.6) is 11.5 Å². The number of nitrogens with zero attached hydrogens (tertiary/aromatic N) is 2. The Kier molecular flexibility index (Phi) is 10.3. The minimum Gasteiger partial charge on any atom is -0.491 e. The summed E-state index contributed by atoms with van der Waals surface area (Å²) < 4.78 is 23.6. The molecular formula is C33H35Cl2N3O5. The van der Waals surface area contributed by atoms with Crippen LogP contribution in [0.3, 0.4) is 0 Å². The molecule has 1 N–H and O–H groups in total. The summed E-state index contributed by atoms with van der Waals surface area (Å²) in [7, 11) is 0. The standard InChI is InChI=1S/C33H35Cl2N3O5/c1-3-20-40-27-10-4-24(5-11-27)6-15-32(39)36-38-18-16-37(17-19-38)26-8-12-28(13-9-26)41-22-29-23-42-33(2,43-29)30-14-7-25(34)21-31(30)35/h3-15,21,29H,1,16-20,22-23H2,2H3,(H,36,39)/b15-6+/t29-,33+/m1/s1. The largest absolute Gasteiger partial charge is 0.491 e. The Morgan fingerprint density at radius 3 is 2.42 bits per heavy atom. The minimum absolute atomic E-state index is 0.157. The smallest absolute Gasteiger partial charge is 0.258 e. The van der Waals surface area contributed by atoms with Crippen molar-refractivity contribution in [1.82, 2.24) is 10.4 Å². The van der Waals surface area contributed by atoms with Gasteiger partial charge in [-0.2, -0.15) is 0 Å². The number of nitrogens with one attached hydrogen (secondary N) is 1. The lowest BCUT2D eigenvalue weighted by molar-refractivity contribution is -0.164. The number of hydrazine groups is 1. The Morgan fingerprint density at radius 2 is 1.72 bits per heavy atom. The number of ether oxygens (including phenoxy) is 4. The molecule has 2 fully saturated rings. The van der Waals surface area contributed by atoms with Gasteiger partial charge in [-0.15, -0.1) is 0 Å². The predicted octanol–water partition coefficient (Wildman–Crippen LogP) is 6.09. The van der Waals surface area contributed by atoms with E-state index < -0.39 is 5.79 Å². The summed E-state index contributed by atoms with van der Waals surface area (Å²) in [4.78, 5) is 14.7. The molecule has 0 aliphatic carbocycles. The Bertz CT molecular complexity index is 1430. The molecular weight excluding hydrogens is 589 g/mol. The third-order valence-corrected chi connectivity index (χ3v) is 7.77. The van der Waals surface area contributed by atoms with Crippen molar-refractivity contribution in [1.29, 1.82) is 0 Å². The number of amides is 1. The average Bonchev–Trinajstić information content (AvgIpc) is 3.40. The number of carbonyl (C=O) groups is 1. The van der Waals surface area contributed by atoms with E-state index in [0.29, 0.717) is 43.0 Å². The molecule has 0 aromatic heterocycles. The van der Waals surface area contributed by atoms with Gasteiger partial charge in [0.1, 0.15) is 30.8 Å². The van der Waals surface area contributed by atoms with Crippen LogP contribution in [0.15, 0.2) is 85.5 Å². The molecule has 2 heterocycles. The van der Waals surface area contributed by atoms with Crippen LogP contribution >= 0.6 is 23.2 Å². The number of anilines is 1. The molecule has 5 rings (SSSR count). The highest BCUT2D eigenvalue weighted by molar-refractivity contribution is 6.35. The van der Waals surface area contributed by atoms with Crippen LogP contribution in [0.2, 0.25) is 10.0 Å². The van der Waals surface area contributed by atoms with Crippen molar-refractivity contribution < 1.29 is 23.7 Å². The van der Waals surface area contributed by atoms with E-state index >= 15 is 0 Å². The van der Waals surface area contributed by atoms with Gasteiger partial charge in [-0.1, -0.05) is 54.1 Å². The summed E-state index contributed by atoms with van der Waals surface area (Å²) >= 11 is 12.4. The quantitative estimate of drug-likeness (QED) is 0.205.